The Labute approximate surface area is 284 Å². The summed E-state index contributed by atoms with van der Waals surface area (Å²) >= 11 is 2.29. The standard InChI is InChI=1S/C32H29N5O10S2/c1-43-18-3-5-20-14(9-18)7-16(29(41)46-20)12-48-27-23-26(35-31(33)36-27)37(28-25(40)24(39)22(11-38)45-28)32(34-23)49-13-17-8-15-10-19(44-2)4-6-21(15)47-30(17)42/h3-10,22,24-25,28,38-40H,11-13H2,1-2H3,(H2,33,35,36)/t22-,24-,25-,28-/m1/s1. The number of rotatable bonds is 10. The molecule has 1 aliphatic rings. The van der Waals surface area contributed by atoms with Gasteiger partial charge in [-0.1, -0.05) is 23.5 Å². The van der Waals surface area contributed by atoms with Crippen LogP contribution in [0.25, 0.3) is 33.1 Å². The molecule has 4 atom stereocenters. The van der Waals surface area contributed by atoms with Gasteiger partial charge in [-0.2, -0.15) is 4.98 Å². The molecule has 1 fully saturated rings. The Morgan fingerprint density at radius 2 is 1.43 bits per heavy atom. The van der Waals surface area contributed by atoms with E-state index >= 15 is 0 Å². The topological polar surface area (TPSA) is 218 Å². The van der Waals surface area contributed by atoms with Gasteiger partial charge in [-0.05, 0) is 48.5 Å². The second-order valence-electron chi connectivity index (χ2n) is 11.1. The Balaban J connectivity index is 1.27. The van der Waals surface area contributed by atoms with Crippen molar-refractivity contribution in [3.05, 3.63) is 80.5 Å². The van der Waals surface area contributed by atoms with Gasteiger partial charge >= 0.3 is 11.3 Å². The average molecular weight is 708 g/mol. The number of aromatic nitrogens is 4. The molecule has 1 aliphatic heterocycles. The number of aliphatic hydroxyl groups is 3. The van der Waals surface area contributed by atoms with E-state index in [9.17, 15) is 24.9 Å². The molecule has 2 aromatic carbocycles. The second kappa shape index (κ2) is 13.3. The zero-order valence-corrected chi connectivity index (χ0v) is 27.6. The van der Waals surface area contributed by atoms with Gasteiger partial charge in [0.15, 0.2) is 17.0 Å². The van der Waals surface area contributed by atoms with Crippen molar-refractivity contribution < 1.29 is 38.4 Å². The summed E-state index contributed by atoms with van der Waals surface area (Å²) in [6.45, 7) is -0.552. The Kier molecular flexibility index (Phi) is 8.95. The fourth-order valence-corrected chi connectivity index (χ4v) is 7.40. The average Bonchev–Trinajstić information content (AvgIpc) is 3.60. The van der Waals surface area contributed by atoms with Crippen LogP contribution in [0.15, 0.2) is 77.1 Å². The van der Waals surface area contributed by atoms with Gasteiger partial charge in [-0.25, -0.2) is 19.6 Å². The predicted molar refractivity (Wildman–Crippen MR) is 180 cm³/mol. The molecule has 0 amide bonds. The highest BCUT2D eigenvalue weighted by atomic mass is 32.2. The number of fused-ring (bicyclic) bond motifs is 3. The maximum atomic E-state index is 12.9. The number of thioether (sulfide) groups is 2. The number of anilines is 1. The number of aliphatic hydroxyl groups excluding tert-OH is 3. The number of nitrogens with two attached hydrogens (primary N) is 1. The first-order chi connectivity index (χ1) is 23.7. The molecule has 0 unspecified atom stereocenters. The number of benzene rings is 2. The van der Waals surface area contributed by atoms with Crippen molar-refractivity contribution in [3.63, 3.8) is 0 Å². The fraction of sp³-hybridized carbons (Fsp3) is 0.281. The van der Waals surface area contributed by atoms with Crippen molar-refractivity contribution in [3.8, 4) is 11.5 Å². The number of imidazole rings is 1. The molecule has 5 heterocycles. The van der Waals surface area contributed by atoms with Crippen molar-refractivity contribution in [2.24, 2.45) is 0 Å². The molecule has 0 aliphatic carbocycles. The van der Waals surface area contributed by atoms with E-state index < -0.39 is 42.4 Å². The Bertz CT molecular complexity index is 2330. The Hall–Kier alpha value is -4.65. The lowest BCUT2D eigenvalue weighted by Gasteiger charge is -2.19. The SMILES string of the molecule is COc1ccc2oc(=O)c(CSc3nc(N)nc4c3nc(SCc3cc5cc(OC)ccc5oc3=O)n4[C@@H]3O[C@H](CO)[C@@H](O)[C@H]3O)cc2c1. The van der Waals surface area contributed by atoms with E-state index in [1.54, 1.807) is 55.6 Å². The van der Waals surface area contributed by atoms with Gasteiger partial charge in [0.25, 0.3) is 0 Å². The van der Waals surface area contributed by atoms with Crippen molar-refractivity contribution in [2.75, 3.05) is 26.6 Å². The molecule has 254 valence electrons. The van der Waals surface area contributed by atoms with E-state index in [-0.39, 0.29) is 33.8 Å². The highest BCUT2D eigenvalue weighted by Crippen LogP contribution is 2.39. The summed E-state index contributed by atoms with van der Waals surface area (Å²) < 4.78 is 29.0. The van der Waals surface area contributed by atoms with E-state index in [0.717, 1.165) is 11.8 Å². The van der Waals surface area contributed by atoms with Crippen LogP contribution in [0, 0.1) is 0 Å². The highest BCUT2D eigenvalue weighted by Gasteiger charge is 2.45. The van der Waals surface area contributed by atoms with E-state index in [2.05, 4.69) is 9.97 Å². The predicted octanol–water partition coefficient (Wildman–Crippen LogP) is 2.83. The molecule has 7 rings (SSSR count). The molecule has 15 nitrogen and oxygen atoms in total. The second-order valence-corrected chi connectivity index (χ2v) is 13.0. The van der Waals surface area contributed by atoms with Crippen molar-refractivity contribution in [1.82, 2.24) is 19.5 Å². The van der Waals surface area contributed by atoms with E-state index in [1.165, 1.54) is 23.4 Å². The largest absolute Gasteiger partial charge is 0.497 e. The summed E-state index contributed by atoms with van der Waals surface area (Å²) in [5.41, 5.74) is 6.99. The van der Waals surface area contributed by atoms with Gasteiger partial charge in [-0.15, -0.1) is 0 Å². The Morgan fingerprint density at radius 3 is 1.98 bits per heavy atom. The first kappa shape index (κ1) is 32.9. The molecule has 0 spiro atoms. The maximum absolute atomic E-state index is 12.9. The van der Waals surface area contributed by atoms with Crippen molar-refractivity contribution in [2.45, 2.75) is 46.2 Å². The number of nitrogen functional groups attached to an aromatic ring is 1. The fourth-order valence-electron chi connectivity index (χ4n) is 5.50. The van der Waals surface area contributed by atoms with Gasteiger partial charge < -0.3 is 44.1 Å². The number of hydrogen-bond acceptors (Lipinski definition) is 16. The quantitative estimate of drug-likeness (QED) is 0.0914. The lowest BCUT2D eigenvalue weighted by Crippen LogP contribution is -2.33. The highest BCUT2D eigenvalue weighted by molar-refractivity contribution is 7.98. The molecule has 17 heteroatoms. The van der Waals surface area contributed by atoms with Gasteiger partial charge in [0.1, 0.15) is 51.5 Å². The van der Waals surface area contributed by atoms with Crippen molar-refractivity contribution in [1.29, 1.82) is 0 Å². The van der Waals surface area contributed by atoms with Crippen LogP contribution in [0.4, 0.5) is 5.95 Å². The minimum Gasteiger partial charge on any atom is -0.497 e. The van der Waals surface area contributed by atoms with Gasteiger partial charge in [-0.3, -0.25) is 4.57 Å². The summed E-state index contributed by atoms with van der Waals surface area (Å²) in [7, 11) is 3.08. The summed E-state index contributed by atoms with van der Waals surface area (Å²) in [5, 5.41) is 33.2. The number of ether oxygens (including phenoxy) is 3. The monoisotopic (exact) mass is 707 g/mol. The summed E-state index contributed by atoms with van der Waals surface area (Å²) in [5.74, 6) is 1.28. The molecule has 0 radical (unpaired) electrons. The molecule has 1 saturated heterocycles. The number of hydrogen-bond donors (Lipinski definition) is 4. The van der Waals surface area contributed by atoms with E-state index in [4.69, 9.17) is 33.8 Å². The van der Waals surface area contributed by atoms with Gasteiger partial charge in [0, 0.05) is 33.4 Å². The first-order valence-corrected chi connectivity index (χ1v) is 16.8. The first-order valence-electron chi connectivity index (χ1n) is 14.8. The molecule has 6 aromatic rings. The molecule has 0 bridgehead atoms. The lowest BCUT2D eigenvalue weighted by atomic mass is 10.1. The third-order valence-electron chi connectivity index (χ3n) is 8.01. The van der Waals surface area contributed by atoms with Gasteiger partial charge in [0.05, 0.1) is 20.8 Å². The Morgan fingerprint density at radius 1 is 0.837 bits per heavy atom. The van der Waals surface area contributed by atoms with Crippen LogP contribution >= 0.6 is 23.5 Å². The van der Waals surface area contributed by atoms with Crippen LogP contribution in [0.2, 0.25) is 0 Å². The normalized spacial score (nSPS) is 19.3. The molecular weight excluding hydrogens is 679 g/mol. The van der Waals surface area contributed by atoms with E-state index in [1.807, 2.05) is 0 Å². The molecule has 49 heavy (non-hydrogen) atoms. The molecule has 0 saturated carbocycles. The number of nitrogens with zero attached hydrogens (tertiary/aromatic N) is 4. The van der Waals surface area contributed by atoms with Crippen molar-refractivity contribution >= 4 is 62.6 Å². The van der Waals surface area contributed by atoms with Crippen LogP contribution in [0.3, 0.4) is 0 Å². The van der Waals surface area contributed by atoms with Gasteiger partial charge in [0.2, 0.25) is 5.95 Å². The molecular formula is C32H29N5O10S2. The minimum atomic E-state index is -1.47. The zero-order chi connectivity index (χ0) is 34.4. The van der Waals surface area contributed by atoms with Crippen LogP contribution in [-0.4, -0.2) is 74.0 Å². The minimum absolute atomic E-state index is 0.0839. The van der Waals surface area contributed by atoms with E-state index in [0.29, 0.717) is 49.6 Å². The van der Waals surface area contributed by atoms with Crippen LogP contribution < -0.4 is 26.5 Å². The molecule has 4 aromatic heterocycles. The maximum Gasteiger partial charge on any atom is 0.340 e. The summed E-state index contributed by atoms with van der Waals surface area (Å²) in [6.07, 6.45) is -5.20. The van der Waals surface area contributed by atoms with Crippen LogP contribution in [-0.2, 0) is 16.2 Å². The third-order valence-corrected chi connectivity index (χ3v) is 10.0. The smallest absolute Gasteiger partial charge is 0.340 e. The lowest BCUT2D eigenvalue weighted by molar-refractivity contribution is -0.0548. The number of methoxy groups -OCH3 is 2. The van der Waals surface area contributed by atoms with Crippen LogP contribution in [0.5, 0.6) is 11.5 Å². The summed E-state index contributed by atoms with van der Waals surface area (Å²) in [4.78, 5) is 39.3. The zero-order valence-electron chi connectivity index (χ0n) is 25.9. The van der Waals surface area contributed by atoms with Crippen LogP contribution in [0.1, 0.15) is 17.4 Å². The summed E-state index contributed by atoms with van der Waals surface area (Å²) in [6, 6.07) is 13.6. The third kappa shape index (κ3) is 6.20. The molecule has 5 N–H and O–H groups in total.